The second-order valence-electron chi connectivity index (χ2n) is 3.63. The maximum Gasteiger partial charge on any atom is 0.233 e. The van der Waals surface area contributed by atoms with Gasteiger partial charge in [0.1, 0.15) is 0 Å². The smallest absolute Gasteiger partial charge is 0.233 e. The first-order chi connectivity index (χ1) is 4.97. The van der Waals surface area contributed by atoms with Gasteiger partial charge in [-0.2, -0.15) is 0 Å². The molecule has 2 amide bonds. The molecule has 62 valence electrons. The highest BCUT2D eigenvalue weighted by Gasteiger charge is 2.44. The van der Waals surface area contributed by atoms with E-state index in [-0.39, 0.29) is 17.7 Å². The Morgan fingerprint density at radius 1 is 1.45 bits per heavy atom. The van der Waals surface area contributed by atoms with E-state index < -0.39 is 5.41 Å². The maximum atomic E-state index is 11.2. The molecule has 1 heterocycles. The molecule has 1 aliphatic rings. The molecular formula is C8H13NO2. The Bertz CT molecular complexity index is 210. The zero-order valence-electron chi connectivity index (χ0n) is 7.10. The van der Waals surface area contributed by atoms with E-state index in [1.807, 2.05) is 20.8 Å². The standard InChI is InChI=1S/C8H13NO2/c1-5(2)8(3)4-6(10)9-7(8)11/h5H,4H2,1-3H3,(H,9,10,11)/t8-/m0/s1. The van der Waals surface area contributed by atoms with E-state index in [9.17, 15) is 9.59 Å². The number of hydrogen-bond donors (Lipinski definition) is 1. The van der Waals surface area contributed by atoms with E-state index in [2.05, 4.69) is 5.32 Å². The minimum absolute atomic E-state index is 0.127. The highest BCUT2D eigenvalue weighted by Crippen LogP contribution is 2.34. The predicted octanol–water partition coefficient (Wildman–Crippen LogP) is 0.695. The van der Waals surface area contributed by atoms with Crippen LogP contribution in [0.4, 0.5) is 0 Å². The average Bonchev–Trinajstić information content (AvgIpc) is 2.08. The Kier molecular flexibility index (Phi) is 1.74. The van der Waals surface area contributed by atoms with Crippen molar-refractivity contribution in [1.82, 2.24) is 5.32 Å². The van der Waals surface area contributed by atoms with Crippen molar-refractivity contribution in [1.29, 1.82) is 0 Å². The van der Waals surface area contributed by atoms with E-state index in [1.165, 1.54) is 0 Å². The van der Waals surface area contributed by atoms with Crippen LogP contribution in [0.15, 0.2) is 0 Å². The first kappa shape index (κ1) is 8.24. The van der Waals surface area contributed by atoms with Crippen molar-refractivity contribution in [2.24, 2.45) is 11.3 Å². The molecule has 1 fully saturated rings. The molecule has 3 heteroatoms. The van der Waals surface area contributed by atoms with Crippen LogP contribution < -0.4 is 5.32 Å². The Hall–Kier alpha value is -0.860. The van der Waals surface area contributed by atoms with Crippen LogP contribution in [-0.4, -0.2) is 11.8 Å². The van der Waals surface area contributed by atoms with Gasteiger partial charge in [0.05, 0.1) is 5.41 Å². The van der Waals surface area contributed by atoms with E-state index >= 15 is 0 Å². The average molecular weight is 155 g/mol. The molecule has 0 unspecified atom stereocenters. The summed E-state index contributed by atoms with van der Waals surface area (Å²) in [6.07, 6.45) is 0.337. The molecule has 0 bridgehead atoms. The monoisotopic (exact) mass is 155 g/mol. The Balaban J connectivity index is 2.87. The van der Waals surface area contributed by atoms with Gasteiger partial charge in [0.25, 0.3) is 0 Å². The van der Waals surface area contributed by atoms with Gasteiger partial charge >= 0.3 is 0 Å². The number of carbonyl (C=O) groups is 2. The maximum absolute atomic E-state index is 11.2. The third kappa shape index (κ3) is 1.15. The van der Waals surface area contributed by atoms with E-state index in [0.717, 1.165) is 0 Å². The van der Waals surface area contributed by atoms with Gasteiger partial charge in [0, 0.05) is 6.42 Å². The zero-order chi connectivity index (χ0) is 8.65. The summed E-state index contributed by atoms with van der Waals surface area (Å²) in [5.74, 6) is -0.0577. The van der Waals surface area contributed by atoms with Gasteiger partial charge in [-0.25, -0.2) is 0 Å². The Morgan fingerprint density at radius 2 is 2.00 bits per heavy atom. The lowest BCUT2D eigenvalue weighted by Crippen LogP contribution is -2.33. The molecule has 0 aromatic rings. The highest BCUT2D eigenvalue weighted by atomic mass is 16.2. The summed E-state index contributed by atoms with van der Waals surface area (Å²) in [4.78, 5) is 22.1. The van der Waals surface area contributed by atoms with Gasteiger partial charge in [0.2, 0.25) is 11.8 Å². The summed E-state index contributed by atoms with van der Waals surface area (Å²) in [5.41, 5.74) is -0.475. The fourth-order valence-electron chi connectivity index (χ4n) is 1.19. The summed E-state index contributed by atoms with van der Waals surface area (Å²) >= 11 is 0. The predicted molar refractivity (Wildman–Crippen MR) is 40.7 cm³/mol. The van der Waals surface area contributed by atoms with Gasteiger partial charge in [-0.15, -0.1) is 0 Å². The quantitative estimate of drug-likeness (QED) is 0.566. The van der Waals surface area contributed by atoms with E-state index in [4.69, 9.17) is 0 Å². The third-order valence-electron chi connectivity index (χ3n) is 2.57. The number of rotatable bonds is 1. The zero-order valence-corrected chi connectivity index (χ0v) is 7.10. The molecule has 0 aliphatic carbocycles. The molecule has 1 saturated heterocycles. The SMILES string of the molecule is CC(C)[C@]1(C)CC(=O)NC1=O. The molecule has 1 atom stereocenters. The Labute approximate surface area is 66.2 Å². The molecule has 0 aromatic carbocycles. The summed E-state index contributed by atoms with van der Waals surface area (Å²) in [7, 11) is 0. The van der Waals surface area contributed by atoms with Crippen molar-refractivity contribution in [2.75, 3.05) is 0 Å². The summed E-state index contributed by atoms with van der Waals surface area (Å²) in [5, 5.41) is 2.31. The van der Waals surface area contributed by atoms with Crippen molar-refractivity contribution < 1.29 is 9.59 Å². The first-order valence-electron chi connectivity index (χ1n) is 3.81. The highest BCUT2D eigenvalue weighted by molar-refractivity contribution is 6.05. The number of amides is 2. The molecule has 1 N–H and O–H groups in total. The van der Waals surface area contributed by atoms with Crippen LogP contribution in [0.1, 0.15) is 27.2 Å². The minimum Gasteiger partial charge on any atom is -0.296 e. The molecule has 3 nitrogen and oxygen atoms in total. The lowest BCUT2D eigenvalue weighted by atomic mass is 9.78. The lowest BCUT2D eigenvalue weighted by molar-refractivity contribution is -0.129. The third-order valence-corrected chi connectivity index (χ3v) is 2.57. The molecule has 0 aromatic heterocycles. The Morgan fingerprint density at radius 3 is 2.18 bits per heavy atom. The minimum atomic E-state index is -0.475. The fourth-order valence-corrected chi connectivity index (χ4v) is 1.19. The summed E-state index contributed by atoms with van der Waals surface area (Å²) < 4.78 is 0. The molecule has 0 spiro atoms. The second kappa shape index (κ2) is 2.32. The number of carbonyl (C=O) groups excluding carboxylic acids is 2. The van der Waals surface area contributed by atoms with E-state index in [1.54, 1.807) is 0 Å². The number of nitrogens with one attached hydrogen (secondary N) is 1. The van der Waals surface area contributed by atoms with Crippen LogP contribution in [0.5, 0.6) is 0 Å². The van der Waals surface area contributed by atoms with Crippen LogP contribution >= 0.6 is 0 Å². The van der Waals surface area contributed by atoms with Gasteiger partial charge in [-0.1, -0.05) is 13.8 Å². The summed E-state index contributed by atoms with van der Waals surface area (Å²) in [6.45, 7) is 5.74. The molecule has 0 saturated carbocycles. The normalized spacial score (nSPS) is 31.3. The van der Waals surface area contributed by atoms with Crippen molar-refractivity contribution >= 4 is 11.8 Å². The van der Waals surface area contributed by atoms with Crippen LogP contribution in [0, 0.1) is 11.3 Å². The van der Waals surface area contributed by atoms with Crippen molar-refractivity contribution in [2.45, 2.75) is 27.2 Å². The van der Waals surface area contributed by atoms with Gasteiger partial charge < -0.3 is 0 Å². The van der Waals surface area contributed by atoms with Crippen LogP contribution in [0.25, 0.3) is 0 Å². The molecular weight excluding hydrogens is 142 g/mol. The second-order valence-corrected chi connectivity index (χ2v) is 3.63. The van der Waals surface area contributed by atoms with Crippen LogP contribution in [0.2, 0.25) is 0 Å². The molecule has 0 radical (unpaired) electrons. The van der Waals surface area contributed by atoms with Crippen molar-refractivity contribution in [3.05, 3.63) is 0 Å². The van der Waals surface area contributed by atoms with Gasteiger partial charge in [-0.05, 0) is 12.8 Å². The number of imide groups is 1. The van der Waals surface area contributed by atoms with E-state index in [0.29, 0.717) is 6.42 Å². The van der Waals surface area contributed by atoms with Gasteiger partial charge in [-0.3, -0.25) is 14.9 Å². The number of hydrogen-bond acceptors (Lipinski definition) is 2. The molecule has 11 heavy (non-hydrogen) atoms. The first-order valence-corrected chi connectivity index (χ1v) is 3.81. The summed E-state index contributed by atoms with van der Waals surface area (Å²) in [6, 6.07) is 0. The van der Waals surface area contributed by atoms with Crippen molar-refractivity contribution in [3.8, 4) is 0 Å². The fraction of sp³-hybridized carbons (Fsp3) is 0.750. The largest absolute Gasteiger partial charge is 0.296 e. The molecule has 1 rings (SSSR count). The van der Waals surface area contributed by atoms with Crippen LogP contribution in [-0.2, 0) is 9.59 Å². The topological polar surface area (TPSA) is 46.2 Å². The lowest BCUT2D eigenvalue weighted by Gasteiger charge is -2.23. The van der Waals surface area contributed by atoms with Crippen molar-refractivity contribution in [3.63, 3.8) is 0 Å². The molecule has 1 aliphatic heterocycles. The van der Waals surface area contributed by atoms with Crippen LogP contribution in [0.3, 0.4) is 0 Å². The van der Waals surface area contributed by atoms with Gasteiger partial charge in [0.15, 0.2) is 0 Å².